The van der Waals surface area contributed by atoms with Crippen LogP contribution in [0.3, 0.4) is 0 Å². The molecule has 0 bridgehead atoms. The third-order valence-corrected chi connectivity index (χ3v) is 17.8. The topological polar surface area (TPSA) is 200 Å². The number of methoxy groups -OCH3 is 3. The van der Waals surface area contributed by atoms with E-state index in [2.05, 4.69) is 27.7 Å². The summed E-state index contributed by atoms with van der Waals surface area (Å²) in [5.74, 6) is -9.27. The number of aliphatic carboxylic acids is 1. The van der Waals surface area contributed by atoms with E-state index in [1.807, 2.05) is 20.8 Å². The molecule has 0 aromatic heterocycles. The molecule has 24 atom stereocenters. The van der Waals surface area contributed by atoms with E-state index in [4.69, 9.17) is 52.1 Å². The average Bonchev–Trinajstić information content (AvgIpc) is 4.00. The van der Waals surface area contributed by atoms with E-state index in [1.165, 1.54) is 6.92 Å². The SMILES string of the molecule is COC1CCC(OC2(C)C(O)C(C)C(O)(C(C)C(=O)O)OC2C(C)C2CC(OC)C(C)C3(CCC(C)(C4CCC(C)(C5CCC(C6OC(C)(O)C(C)C(OC)C6C)O5)O4)O3)O2)OC1C.[Na]. The van der Waals surface area contributed by atoms with Gasteiger partial charge in [-0.25, -0.2) is 0 Å². The molecule has 4 N–H and O–H groups in total. The summed E-state index contributed by atoms with van der Waals surface area (Å²) < 4.78 is 72.0. The van der Waals surface area contributed by atoms with Crippen LogP contribution in [0.15, 0.2) is 0 Å². The van der Waals surface area contributed by atoms with Crippen LogP contribution in [0, 0.1) is 35.5 Å². The van der Waals surface area contributed by atoms with E-state index in [1.54, 1.807) is 42.1 Å². The second kappa shape index (κ2) is 19.8. The monoisotopic (exact) mass is 938 g/mol. The Hall–Kier alpha value is -0.0900. The van der Waals surface area contributed by atoms with Crippen molar-refractivity contribution in [2.45, 2.75) is 242 Å². The van der Waals surface area contributed by atoms with Crippen LogP contribution < -0.4 is 0 Å². The van der Waals surface area contributed by atoms with Crippen LogP contribution in [0.4, 0.5) is 0 Å². The Bertz CT molecular complexity index is 1640. The Morgan fingerprint density at radius 2 is 1.40 bits per heavy atom. The van der Waals surface area contributed by atoms with Crippen molar-refractivity contribution >= 4 is 35.5 Å². The molecule has 1 spiro atoms. The quantitative estimate of drug-likeness (QED) is 0.192. The van der Waals surface area contributed by atoms with E-state index in [0.717, 1.165) is 25.7 Å². The molecule has 0 amide bonds. The van der Waals surface area contributed by atoms with Gasteiger partial charge < -0.3 is 72.5 Å². The summed E-state index contributed by atoms with van der Waals surface area (Å²) in [4.78, 5) is 12.4. The Labute approximate surface area is 409 Å². The van der Waals surface area contributed by atoms with Crippen molar-refractivity contribution < 1.29 is 77.3 Å². The number of hydrogen-bond donors (Lipinski definition) is 4. The molecule has 7 rings (SSSR count). The van der Waals surface area contributed by atoms with Gasteiger partial charge in [-0.15, -0.1) is 0 Å². The summed E-state index contributed by atoms with van der Waals surface area (Å²) in [5.41, 5.74) is -2.76. The molecule has 0 aromatic rings. The second-order valence-electron chi connectivity index (χ2n) is 21.7. The maximum absolute atomic E-state index is 12.4. The zero-order valence-electron chi connectivity index (χ0n) is 41.9. The third-order valence-electron chi connectivity index (χ3n) is 17.8. The molecule has 7 heterocycles. The molecular formula is C48H82NaO16. The first-order chi connectivity index (χ1) is 29.8. The molecule has 7 aliphatic rings. The number of aliphatic hydroxyl groups excluding tert-OH is 1. The molecule has 7 aliphatic heterocycles. The standard InChI is InChI=1S/C48H82O16.Na/c1-24(41-45(10,61-37-18-16-31(54-12)30(7)57-37)40(49)28(5)48(53,63-41)29(6)42(50)51)33-23-34(55-13)26(3)47(59-33)22-21-44(9,64-47)36-19-20-43(8,60-36)35-17-15-32(58-35)39-25(2)38(56-14)27(4)46(11,52)62-39;/h24-41,49,52-53H,15-23H2,1-14H3,(H,50,51);. The Balaban J connectivity index is 0.00000700. The first kappa shape index (κ1) is 54.2. The van der Waals surface area contributed by atoms with Gasteiger partial charge in [0.1, 0.15) is 11.5 Å². The molecule has 17 heteroatoms. The minimum Gasteiger partial charge on any atom is -0.481 e. The predicted octanol–water partition coefficient (Wildman–Crippen LogP) is 4.95. The van der Waals surface area contributed by atoms with Crippen LogP contribution in [-0.2, 0) is 56.9 Å². The van der Waals surface area contributed by atoms with Crippen molar-refractivity contribution in [1.82, 2.24) is 0 Å². The van der Waals surface area contributed by atoms with Gasteiger partial charge in [0.25, 0.3) is 0 Å². The molecule has 24 unspecified atom stereocenters. The summed E-state index contributed by atoms with van der Waals surface area (Å²) in [6.07, 6.45) is 0.417. The normalized spacial score (nSPS) is 53.7. The smallest absolute Gasteiger partial charge is 0.311 e. The van der Waals surface area contributed by atoms with Gasteiger partial charge in [-0.05, 0) is 80.1 Å². The van der Waals surface area contributed by atoms with Crippen LogP contribution in [0.5, 0.6) is 0 Å². The molecule has 0 saturated carbocycles. The van der Waals surface area contributed by atoms with E-state index in [0.29, 0.717) is 32.1 Å². The summed E-state index contributed by atoms with van der Waals surface area (Å²) in [6, 6.07) is 0. The maximum Gasteiger partial charge on any atom is 0.311 e. The number of carboxylic acids is 1. The summed E-state index contributed by atoms with van der Waals surface area (Å²) >= 11 is 0. The molecule has 65 heavy (non-hydrogen) atoms. The fraction of sp³-hybridized carbons (Fsp3) is 0.979. The first-order valence-corrected chi connectivity index (χ1v) is 24.2. The molecule has 371 valence electrons. The van der Waals surface area contributed by atoms with Gasteiger partial charge in [-0.2, -0.15) is 0 Å². The fourth-order valence-electron chi connectivity index (χ4n) is 13.0. The summed E-state index contributed by atoms with van der Waals surface area (Å²) in [7, 11) is 5.02. The molecule has 0 aliphatic carbocycles. The summed E-state index contributed by atoms with van der Waals surface area (Å²) in [5, 5.41) is 45.7. The Kier molecular flexibility index (Phi) is 16.6. The fourth-order valence-corrected chi connectivity index (χ4v) is 13.0. The number of carboxylic acid groups (broad SMARTS) is 1. The molecule has 16 nitrogen and oxygen atoms in total. The number of hydrogen-bond acceptors (Lipinski definition) is 15. The zero-order chi connectivity index (χ0) is 47.1. The van der Waals surface area contributed by atoms with Gasteiger partial charge in [0, 0.05) is 99.7 Å². The van der Waals surface area contributed by atoms with Crippen LogP contribution in [0.2, 0.25) is 0 Å². The molecule has 7 fully saturated rings. The first-order valence-electron chi connectivity index (χ1n) is 24.2. The molecule has 1 radical (unpaired) electrons. The second-order valence-corrected chi connectivity index (χ2v) is 21.7. The van der Waals surface area contributed by atoms with E-state index in [-0.39, 0.29) is 96.1 Å². The van der Waals surface area contributed by atoms with Crippen molar-refractivity contribution in [2.75, 3.05) is 21.3 Å². The van der Waals surface area contributed by atoms with Crippen molar-refractivity contribution in [3.63, 3.8) is 0 Å². The van der Waals surface area contributed by atoms with E-state index in [9.17, 15) is 25.2 Å². The minimum absolute atomic E-state index is 0. The van der Waals surface area contributed by atoms with Crippen molar-refractivity contribution in [2.24, 2.45) is 35.5 Å². The van der Waals surface area contributed by atoms with Gasteiger partial charge in [0.15, 0.2) is 23.7 Å². The maximum atomic E-state index is 12.4. The van der Waals surface area contributed by atoms with Crippen LogP contribution in [-0.4, -0.2) is 185 Å². The average molecular weight is 938 g/mol. The van der Waals surface area contributed by atoms with Gasteiger partial charge in [0.05, 0.1) is 78.3 Å². The minimum atomic E-state index is -2.24. The number of ether oxygens (including phenoxy) is 11. The molecular weight excluding hydrogens is 856 g/mol. The van der Waals surface area contributed by atoms with E-state index < -0.39 is 82.5 Å². The molecule has 7 saturated heterocycles. The van der Waals surface area contributed by atoms with Gasteiger partial charge in [-0.1, -0.05) is 34.6 Å². The van der Waals surface area contributed by atoms with Crippen molar-refractivity contribution in [3.05, 3.63) is 0 Å². The van der Waals surface area contributed by atoms with Gasteiger partial charge >= 0.3 is 5.97 Å². The number of rotatable bonds is 12. The molecule has 0 aromatic carbocycles. The van der Waals surface area contributed by atoms with E-state index >= 15 is 0 Å². The van der Waals surface area contributed by atoms with Gasteiger partial charge in [0.2, 0.25) is 0 Å². The Morgan fingerprint density at radius 1 is 0.723 bits per heavy atom. The third kappa shape index (κ3) is 9.58. The van der Waals surface area contributed by atoms with Gasteiger partial charge in [-0.3, -0.25) is 4.79 Å². The summed E-state index contributed by atoms with van der Waals surface area (Å²) in [6.45, 7) is 20.7. The predicted molar refractivity (Wildman–Crippen MR) is 237 cm³/mol. The largest absolute Gasteiger partial charge is 0.481 e. The van der Waals surface area contributed by atoms with Crippen LogP contribution >= 0.6 is 0 Å². The zero-order valence-corrected chi connectivity index (χ0v) is 43.9. The Morgan fingerprint density at radius 3 is 2.02 bits per heavy atom. The number of carbonyl (C=O) groups is 1. The van der Waals surface area contributed by atoms with Crippen LogP contribution in [0.25, 0.3) is 0 Å². The number of aliphatic hydroxyl groups is 3. The van der Waals surface area contributed by atoms with Crippen LogP contribution in [0.1, 0.15) is 134 Å². The van der Waals surface area contributed by atoms with Crippen molar-refractivity contribution in [1.29, 1.82) is 0 Å². The van der Waals surface area contributed by atoms with Crippen molar-refractivity contribution in [3.8, 4) is 0 Å².